The summed E-state index contributed by atoms with van der Waals surface area (Å²) in [6.45, 7) is 5.21. The van der Waals surface area contributed by atoms with Gasteiger partial charge >= 0.3 is 0 Å². The van der Waals surface area contributed by atoms with E-state index in [1.165, 1.54) is 4.90 Å². The minimum Gasteiger partial charge on any atom is -0.393 e. The van der Waals surface area contributed by atoms with Crippen LogP contribution < -0.4 is 5.73 Å². The summed E-state index contributed by atoms with van der Waals surface area (Å²) >= 11 is 0. The largest absolute Gasteiger partial charge is 0.393 e. The zero-order valence-electron chi connectivity index (χ0n) is 9.56. The van der Waals surface area contributed by atoms with Gasteiger partial charge in [-0.2, -0.15) is 0 Å². The van der Waals surface area contributed by atoms with Crippen molar-refractivity contribution in [1.82, 2.24) is 4.90 Å². The summed E-state index contributed by atoms with van der Waals surface area (Å²) in [4.78, 5) is 23.8. The number of nitrogens with zero attached hydrogens (tertiary/aromatic N) is 1. The number of amides is 2. The number of hydrogen-bond acceptors (Lipinski definition) is 3. The fourth-order valence-electron chi connectivity index (χ4n) is 1.20. The fourth-order valence-corrected chi connectivity index (χ4v) is 1.20. The average Bonchev–Trinajstić information content (AvgIpc) is 2.09. The Bertz CT molecular complexity index is 227. The molecule has 0 aliphatic rings. The fraction of sp³-hybridized carbons (Fsp3) is 0.800. The molecule has 0 aromatic rings. The molecule has 5 nitrogen and oxygen atoms in total. The van der Waals surface area contributed by atoms with Gasteiger partial charge in [0.05, 0.1) is 12.6 Å². The Hall–Kier alpha value is -1.10. The van der Waals surface area contributed by atoms with E-state index in [-0.39, 0.29) is 24.9 Å². The molecule has 3 N–H and O–H groups in total. The molecule has 0 bridgehead atoms. The van der Waals surface area contributed by atoms with E-state index in [0.717, 1.165) is 0 Å². The zero-order chi connectivity index (χ0) is 12.0. The van der Waals surface area contributed by atoms with Gasteiger partial charge in [0.1, 0.15) is 0 Å². The smallest absolute Gasteiger partial charge is 0.237 e. The van der Waals surface area contributed by atoms with E-state index in [1.54, 1.807) is 6.92 Å². The van der Waals surface area contributed by atoms with Crippen LogP contribution in [0.5, 0.6) is 0 Å². The Balaban J connectivity index is 4.23. The first-order valence-electron chi connectivity index (χ1n) is 5.10. The van der Waals surface area contributed by atoms with Gasteiger partial charge in [0.15, 0.2) is 0 Å². The lowest BCUT2D eigenvalue weighted by Crippen LogP contribution is -2.42. The van der Waals surface area contributed by atoms with Gasteiger partial charge in [-0.25, -0.2) is 0 Å². The van der Waals surface area contributed by atoms with Gasteiger partial charge in [-0.05, 0) is 27.2 Å². The lowest BCUT2D eigenvalue weighted by atomic mass is 10.2. The van der Waals surface area contributed by atoms with Gasteiger partial charge in [0.25, 0.3) is 0 Å². The number of hydrogen-bond donors (Lipinski definition) is 2. The number of primary amides is 1. The molecule has 0 aromatic carbocycles. The third-order valence-electron chi connectivity index (χ3n) is 2.05. The van der Waals surface area contributed by atoms with Crippen LogP contribution >= 0.6 is 0 Å². The summed E-state index contributed by atoms with van der Waals surface area (Å²) in [5.74, 6) is -0.668. The number of carbonyl (C=O) groups excluding carboxylic acids is 2. The van der Waals surface area contributed by atoms with Crippen molar-refractivity contribution >= 4 is 11.8 Å². The molecule has 0 saturated carbocycles. The molecule has 0 aliphatic carbocycles. The first-order chi connectivity index (χ1) is 6.84. The van der Waals surface area contributed by atoms with Crippen molar-refractivity contribution in [2.75, 3.05) is 6.54 Å². The number of aliphatic hydroxyl groups excluding tert-OH is 1. The Kier molecular flexibility index (Phi) is 5.93. The molecule has 15 heavy (non-hydrogen) atoms. The summed E-state index contributed by atoms with van der Waals surface area (Å²) in [5.41, 5.74) is 5.04. The molecule has 1 atom stereocenters. The highest BCUT2D eigenvalue weighted by Gasteiger charge is 2.18. The molecule has 0 rings (SSSR count). The van der Waals surface area contributed by atoms with Crippen molar-refractivity contribution in [3.8, 4) is 0 Å². The average molecular weight is 216 g/mol. The lowest BCUT2D eigenvalue weighted by molar-refractivity contribution is -0.137. The summed E-state index contributed by atoms with van der Waals surface area (Å²) in [7, 11) is 0. The van der Waals surface area contributed by atoms with E-state index >= 15 is 0 Å². The number of aliphatic hydroxyl groups is 1. The molecule has 5 heteroatoms. The Labute approximate surface area is 90.2 Å². The highest BCUT2D eigenvalue weighted by atomic mass is 16.3. The normalized spacial score (nSPS) is 12.6. The Morgan fingerprint density at radius 2 is 1.87 bits per heavy atom. The molecule has 0 aromatic heterocycles. The molecule has 88 valence electrons. The molecule has 1 unspecified atom stereocenters. The van der Waals surface area contributed by atoms with Crippen LogP contribution in [-0.2, 0) is 9.59 Å². The second-order valence-corrected chi connectivity index (χ2v) is 3.97. The quantitative estimate of drug-likeness (QED) is 0.648. The molecule has 0 fully saturated rings. The second kappa shape index (κ2) is 6.40. The standard InChI is InChI=1S/C10H20N2O3/c1-7(2)12(6-9(11)14)10(15)5-4-8(3)13/h7-8,13H,4-6H2,1-3H3,(H2,11,14). The van der Waals surface area contributed by atoms with Gasteiger partial charge < -0.3 is 15.7 Å². The van der Waals surface area contributed by atoms with Gasteiger partial charge in [-0.15, -0.1) is 0 Å². The monoisotopic (exact) mass is 216 g/mol. The number of nitrogens with two attached hydrogens (primary N) is 1. The Morgan fingerprint density at radius 3 is 2.20 bits per heavy atom. The highest BCUT2D eigenvalue weighted by Crippen LogP contribution is 2.05. The predicted molar refractivity (Wildman–Crippen MR) is 57.0 cm³/mol. The molecular formula is C10H20N2O3. The third-order valence-corrected chi connectivity index (χ3v) is 2.05. The molecule has 0 heterocycles. The van der Waals surface area contributed by atoms with Gasteiger partial charge in [0, 0.05) is 12.5 Å². The SMILES string of the molecule is CC(O)CCC(=O)N(CC(N)=O)C(C)C. The van der Waals surface area contributed by atoms with E-state index in [1.807, 2.05) is 13.8 Å². The minimum atomic E-state index is -0.519. The van der Waals surface area contributed by atoms with E-state index in [2.05, 4.69) is 0 Å². The van der Waals surface area contributed by atoms with Gasteiger partial charge in [0.2, 0.25) is 11.8 Å². The van der Waals surface area contributed by atoms with E-state index in [9.17, 15) is 9.59 Å². The maximum Gasteiger partial charge on any atom is 0.237 e. The van der Waals surface area contributed by atoms with Gasteiger partial charge in [-0.3, -0.25) is 9.59 Å². The van der Waals surface area contributed by atoms with E-state index in [4.69, 9.17) is 10.8 Å². The first-order valence-corrected chi connectivity index (χ1v) is 5.10. The van der Waals surface area contributed by atoms with Crippen LogP contribution in [0, 0.1) is 0 Å². The van der Waals surface area contributed by atoms with Crippen molar-refractivity contribution in [3.05, 3.63) is 0 Å². The van der Waals surface area contributed by atoms with Crippen LogP contribution in [-0.4, -0.2) is 40.5 Å². The number of rotatable bonds is 6. The summed E-state index contributed by atoms with van der Waals surface area (Å²) < 4.78 is 0. The van der Waals surface area contributed by atoms with Crippen molar-refractivity contribution in [3.63, 3.8) is 0 Å². The van der Waals surface area contributed by atoms with Crippen molar-refractivity contribution in [1.29, 1.82) is 0 Å². The molecule has 0 saturated heterocycles. The van der Waals surface area contributed by atoms with Crippen LogP contribution in [0.2, 0.25) is 0 Å². The van der Waals surface area contributed by atoms with Crippen LogP contribution in [0.25, 0.3) is 0 Å². The minimum absolute atomic E-state index is 0.0565. The lowest BCUT2D eigenvalue weighted by Gasteiger charge is -2.25. The maximum absolute atomic E-state index is 11.6. The third kappa shape index (κ3) is 6.06. The molecule has 0 aliphatic heterocycles. The molecule has 0 radical (unpaired) electrons. The maximum atomic E-state index is 11.6. The van der Waals surface area contributed by atoms with Gasteiger partial charge in [-0.1, -0.05) is 0 Å². The van der Waals surface area contributed by atoms with E-state index in [0.29, 0.717) is 6.42 Å². The van der Waals surface area contributed by atoms with Crippen molar-refractivity contribution in [2.24, 2.45) is 5.73 Å². The molecule has 2 amide bonds. The van der Waals surface area contributed by atoms with Crippen LogP contribution in [0.3, 0.4) is 0 Å². The van der Waals surface area contributed by atoms with E-state index < -0.39 is 12.0 Å². The summed E-state index contributed by atoms with van der Waals surface area (Å²) in [5, 5.41) is 9.04. The zero-order valence-corrected chi connectivity index (χ0v) is 9.56. The summed E-state index contributed by atoms with van der Waals surface area (Å²) in [6, 6.07) is -0.0565. The van der Waals surface area contributed by atoms with Crippen molar-refractivity contribution in [2.45, 2.75) is 45.8 Å². The molecule has 0 spiro atoms. The number of carbonyl (C=O) groups is 2. The van der Waals surface area contributed by atoms with Crippen LogP contribution in [0.15, 0.2) is 0 Å². The second-order valence-electron chi connectivity index (χ2n) is 3.97. The van der Waals surface area contributed by atoms with Crippen LogP contribution in [0.1, 0.15) is 33.6 Å². The van der Waals surface area contributed by atoms with Crippen LogP contribution in [0.4, 0.5) is 0 Å². The highest BCUT2D eigenvalue weighted by molar-refractivity contribution is 5.84. The van der Waals surface area contributed by atoms with Crippen molar-refractivity contribution < 1.29 is 14.7 Å². The molecular weight excluding hydrogens is 196 g/mol. The predicted octanol–water partition coefficient (Wildman–Crippen LogP) is -0.130. The Morgan fingerprint density at radius 1 is 1.33 bits per heavy atom. The topological polar surface area (TPSA) is 83.6 Å². The first kappa shape index (κ1) is 13.9. The summed E-state index contributed by atoms with van der Waals surface area (Å²) in [6.07, 6.45) is 0.140.